The lowest BCUT2D eigenvalue weighted by Gasteiger charge is -2.14. The van der Waals surface area contributed by atoms with Crippen molar-refractivity contribution in [3.05, 3.63) is 43.0 Å². The third kappa shape index (κ3) is 5.82. The van der Waals surface area contributed by atoms with Crippen LogP contribution < -0.4 is 5.19 Å². The van der Waals surface area contributed by atoms with Crippen LogP contribution in [0, 0.1) is 0 Å². The Morgan fingerprint density at radius 2 is 2.00 bits per heavy atom. The molecule has 2 nitrogen and oxygen atoms in total. The zero-order valence-electron chi connectivity index (χ0n) is 10.5. The number of hydrogen-bond donors (Lipinski definition) is 0. The van der Waals surface area contributed by atoms with Gasteiger partial charge in [-0.1, -0.05) is 36.4 Å². The van der Waals surface area contributed by atoms with Crippen LogP contribution in [0.4, 0.5) is 0 Å². The molecule has 17 heavy (non-hydrogen) atoms. The van der Waals surface area contributed by atoms with E-state index in [1.165, 1.54) is 5.19 Å². The first-order valence-corrected chi connectivity index (χ1v) is 7.72. The van der Waals surface area contributed by atoms with Crippen LogP contribution in [0.3, 0.4) is 0 Å². The molecule has 93 valence electrons. The van der Waals surface area contributed by atoms with E-state index < -0.39 is 9.04 Å². The predicted molar refractivity (Wildman–Crippen MR) is 73.9 cm³/mol. The molecule has 1 aromatic carbocycles. The first-order chi connectivity index (χ1) is 8.38. The van der Waals surface area contributed by atoms with E-state index in [2.05, 4.69) is 30.8 Å². The van der Waals surface area contributed by atoms with Crippen LogP contribution in [0.25, 0.3) is 0 Å². The molecule has 0 aromatic heterocycles. The van der Waals surface area contributed by atoms with Crippen molar-refractivity contribution in [3.63, 3.8) is 0 Å². The van der Waals surface area contributed by atoms with Gasteiger partial charge in [0.2, 0.25) is 0 Å². The predicted octanol–water partition coefficient (Wildman–Crippen LogP) is 2.51. The van der Waals surface area contributed by atoms with Crippen LogP contribution >= 0.6 is 0 Å². The van der Waals surface area contributed by atoms with E-state index in [0.29, 0.717) is 0 Å². The van der Waals surface area contributed by atoms with E-state index in [9.17, 15) is 0 Å². The van der Waals surface area contributed by atoms with E-state index in [1.807, 2.05) is 19.1 Å². The molecule has 0 amide bonds. The fraction of sp³-hybridized carbons (Fsp3) is 0.429. The second kappa shape index (κ2) is 9.16. The van der Waals surface area contributed by atoms with Gasteiger partial charge in [0.1, 0.15) is 0 Å². The maximum atomic E-state index is 5.97. The summed E-state index contributed by atoms with van der Waals surface area (Å²) in [5.41, 5.74) is 0. The van der Waals surface area contributed by atoms with Crippen LogP contribution in [-0.4, -0.2) is 28.9 Å². The smallest absolute Gasteiger partial charge is 0.250 e. The summed E-state index contributed by atoms with van der Waals surface area (Å²) in [5.74, 6) is 0. The van der Waals surface area contributed by atoms with E-state index >= 15 is 0 Å². The Morgan fingerprint density at radius 3 is 2.65 bits per heavy atom. The summed E-state index contributed by atoms with van der Waals surface area (Å²) in [7, 11) is -0.934. The van der Waals surface area contributed by atoms with Gasteiger partial charge in [0, 0.05) is 19.8 Å². The van der Waals surface area contributed by atoms with Crippen molar-refractivity contribution in [2.45, 2.75) is 19.4 Å². The lowest BCUT2D eigenvalue weighted by atomic mass is 10.4. The van der Waals surface area contributed by atoms with Gasteiger partial charge in [-0.3, -0.25) is 0 Å². The third-order valence-electron chi connectivity index (χ3n) is 2.34. The summed E-state index contributed by atoms with van der Waals surface area (Å²) in [5, 5.41) is 1.31. The molecule has 0 N–H and O–H groups in total. The maximum Gasteiger partial charge on any atom is 0.250 e. The van der Waals surface area contributed by atoms with Crippen LogP contribution in [0.1, 0.15) is 13.3 Å². The molecule has 3 heteroatoms. The highest BCUT2D eigenvalue weighted by Crippen LogP contribution is 1.99. The van der Waals surface area contributed by atoms with Gasteiger partial charge in [0.15, 0.2) is 0 Å². The van der Waals surface area contributed by atoms with Gasteiger partial charge in [-0.05, 0) is 24.6 Å². The number of allylic oxidation sites excluding steroid dienone is 1. The Morgan fingerprint density at radius 1 is 1.24 bits per heavy atom. The number of ether oxygens (including phenoxy) is 1. The maximum absolute atomic E-state index is 5.97. The van der Waals surface area contributed by atoms with Gasteiger partial charge >= 0.3 is 0 Å². The largest absolute Gasteiger partial charge is 0.411 e. The molecule has 0 aliphatic heterocycles. The van der Waals surface area contributed by atoms with Crippen molar-refractivity contribution >= 4 is 14.2 Å². The summed E-state index contributed by atoms with van der Waals surface area (Å²) in [6, 6.07) is 11.4. The zero-order chi connectivity index (χ0) is 12.3. The molecule has 0 spiro atoms. The lowest BCUT2D eigenvalue weighted by Crippen LogP contribution is -2.33. The summed E-state index contributed by atoms with van der Waals surface area (Å²) < 4.78 is 11.3. The molecule has 0 unspecified atom stereocenters. The molecule has 0 atom stereocenters. The van der Waals surface area contributed by atoms with Crippen molar-refractivity contribution in [1.82, 2.24) is 0 Å². The quantitative estimate of drug-likeness (QED) is 0.380. The van der Waals surface area contributed by atoms with E-state index in [1.54, 1.807) is 0 Å². The number of benzene rings is 1. The summed E-state index contributed by atoms with van der Waals surface area (Å²) >= 11 is 0. The molecule has 0 saturated heterocycles. The normalized spacial score (nSPS) is 10.7. The molecule has 0 fully saturated rings. The van der Waals surface area contributed by atoms with E-state index in [4.69, 9.17) is 9.16 Å². The van der Waals surface area contributed by atoms with Crippen molar-refractivity contribution in [3.8, 4) is 0 Å². The standard InChI is InChI=1S/C14H21O2Si/c1-3-13-17(14-9-6-5-7-10-14)16-12-8-11-15-4-2/h3,5-7,9-10H,1,4,8,11-13H2,2H3. The zero-order valence-corrected chi connectivity index (χ0v) is 11.5. The minimum absolute atomic E-state index is 0.775. The van der Waals surface area contributed by atoms with Gasteiger partial charge in [-0.25, -0.2) is 0 Å². The van der Waals surface area contributed by atoms with Crippen LogP contribution in [0.2, 0.25) is 6.04 Å². The van der Waals surface area contributed by atoms with Gasteiger partial charge in [0.05, 0.1) is 0 Å². The highest BCUT2D eigenvalue weighted by atomic mass is 28.3. The van der Waals surface area contributed by atoms with E-state index in [-0.39, 0.29) is 0 Å². The third-order valence-corrected chi connectivity index (χ3v) is 4.53. The monoisotopic (exact) mass is 249 g/mol. The lowest BCUT2D eigenvalue weighted by molar-refractivity contribution is 0.131. The summed E-state index contributed by atoms with van der Waals surface area (Å²) in [6.45, 7) is 8.16. The van der Waals surface area contributed by atoms with Crippen molar-refractivity contribution < 1.29 is 9.16 Å². The minimum atomic E-state index is -0.934. The topological polar surface area (TPSA) is 18.5 Å². The highest BCUT2D eigenvalue weighted by molar-refractivity contribution is 6.67. The molecule has 0 heterocycles. The highest BCUT2D eigenvalue weighted by Gasteiger charge is 2.13. The Kier molecular flexibility index (Phi) is 7.63. The Balaban J connectivity index is 2.36. The fourth-order valence-electron chi connectivity index (χ4n) is 1.52. The summed E-state index contributed by atoms with van der Waals surface area (Å²) in [4.78, 5) is 0. The van der Waals surface area contributed by atoms with Crippen molar-refractivity contribution in [2.75, 3.05) is 19.8 Å². The molecule has 1 radical (unpaired) electrons. The number of rotatable bonds is 9. The first-order valence-electron chi connectivity index (χ1n) is 6.11. The van der Waals surface area contributed by atoms with Crippen molar-refractivity contribution in [1.29, 1.82) is 0 Å². The second-order valence-electron chi connectivity index (χ2n) is 3.68. The Bertz CT molecular complexity index is 300. The Labute approximate surface area is 106 Å². The average molecular weight is 249 g/mol. The molecular weight excluding hydrogens is 228 g/mol. The van der Waals surface area contributed by atoms with Gasteiger partial charge in [0.25, 0.3) is 9.04 Å². The molecule has 0 aliphatic rings. The van der Waals surface area contributed by atoms with Crippen molar-refractivity contribution in [2.24, 2.45) is 0 Å². The van der Waals surface area contributed by atoms with Gasteiger partial charge < -0.3 is 9.16 Å². The number of hydrogen-bond acceptors (Lipinski definition) is 2. The second-order valence-corrected chi connectivity index (χ2v) is 5.80. The average Bonchev–Trinajstić information content (AvgIpc) is 2.38. The van der Waals surface area contributed by atoms with Crippen LogP contribution in [0.15, 0.2) is 43.0 Å². The minimum Gasteiger partial charge on any atom is -0.411 e. The fourth-order valence-corrected chi connectivity index (χ4v) is 3.25. The Hall–Kier alpha value is -0.903. The molecule has 1 aromatic rings. The van der Waals surface area contributed by atoms with Gasteiger partial charge in [-0.2, -0.15) is 0 Å². The first kappa shape index (κ1) is 14.2. The van der Waals surface area contributed by atoms with Gasteiger partial charge in [-0.15, -0.1) is 6.58 Å². The molecular formula is C14H21O2Si. The van der Waals surface area contributed by atoms with E-state index in [0.717, 1.165) is 32.3 Å². The molecule has 0 aliphatic carbocycles. The molecule has 0 bridgehead atoms. The SMILES string of the molecule is C=CC[Si](OCCCOCC)c1ccccc1. The molecule has 0 saturated carbocycles. The van der Waals surface area contributed by atoms with Crippen LogP contribution in [0.5, 0.6) is 0 Å². The summed E-state index contributed by atoms with van der Waals surface area (Å²) in [6.07, 6.45) is 2.91. The van der Waals surface area contributed by atoms with Crippen LogP contribution in [-0.2, 0) is 9.16 Å². The molecule has 1 rings (SSSR count).